The van der Waals surface area contributed by atoms with Gasteiger partial charge in [-0.3, -0.25) is 4.90 Å². The van der Waals surface area contributed by atoms with Gasteiger partial charge >= 0.3 is 0 Å². The van der Waals surface area contributed by atoms with Crippen LogP contribution in [0, 0.1) is 0 Å². The van der Waals surface area contributed by atoms with Crippen LogP contribution in [0.4, 0.5) is 5.82 Å². The second-order valence-corrected chi connectivity index (χ2v) is 5.35. The number of aromatic nitrogens is 1. The van der Waals surface area contributed by atoms with E-state index in [9.17, 15) is 0 Å². The molecule has 2 N–H and O–H groups in total. The van der Waals surface area contributed by atoms with E-state index in [1.165, 1.54) is 6.42 Å². The Labute approximate surface area is 114 Å². The summed E-state index contributed by atoms with van der Waals surface area (Å²) in [6.45, 7) is 6.24. The number of hydrogen-bond donors (Lipinski definition) is 1. The maximum atomic E-state index is 6.16. The van der Waals surface area contributed by atoms with Crippen molar-refractivity contribution in [1.82, 2.24) is 14.8 Å². The van der Waals surface area contributed by atoms with Crippen LogP contribution in [0.25, 0.3) is 0 Å². The third kappa shape index (κ3) is 3.13. The number of hydrogen-bond acceptors (Lipinski definition) is 4. The van der Waals surface area contributed by atoms with Gasteiger partial charge in [-0.25, -0.2) is 4.98 Å². The van der Waals surface area contributed by atoms with Gasteiger partial charge in [-0.15, -0.1) is 0 Å². The van der Waals surface area contributed by atoms with E-state index >= 15 is 0 Å². The summed E-state index contributed by atoms with van der Waals surface area (Å²) in [5, 5.41) is 0.705. The molecule has 0 spiro atoms. The average molecular weight is 269 g/mol. The predicted octanol–water partition coefficient (Wildman–Crippen LogP) is 1.84. The van der Waals surface area contributed by atoms with Gasteiger partial charge in [-0.2, -0.15) is 0 Å². The van der Waals surface area contributed by atoms with E-state index in [4.69, 9.17) is 17.3 Å². The number of anilines is 1. The van der Waals surface area contributed by atoms with Crippen molar-refractivity contribution in [3.8, 4) is 0 Å². The van der Waals surface area contributed by atoms with Crippen LogP contribution < -0.4 is 5.73 Å². The van der Waals surface area contributed by atoms with Crippen molar-refractivity contribution >= 4 is 17.4 Å². The third-order valence-corrected chi connectivity index (χ3v) is 3.99. The van der Waals surface area contributed by atoms with Gasteiger partial charge in [-0.1, -0.05) is 18.5 Å². The van der Waals surface area contributed by atoms with E-state index < -0.39 is 0 Å². The summed E-state index contributed by atoms with van der Waals surface area (Å²) in [5.74, 6) is 0.538. The molecule has 2 heterocycles. The molecule has 2 rings (SSSR count). The van der Waals surface area contributed by atoms with Gasteiger partial charge in [0.1, 0.15) is 5.82 Å². The standard InChI is InChI=1S/C13H21ClN4/c1-3-10-8-18(7-6-17(10)2)9-12-11(14)4-5-13(15)16-12/h4-5,10H,3,6-9H2,1-2H3,(H2,15,16). The molecule has 100 valence electrons. The van der Waals surface area contributed by atoms with E-state index in [0.29, 0.717) is 16.9 Å². The quantitative estimate of drug-likeness (QED) is 0.909. The minimum absolute atomic E-state index is 0.538. The maximum absolute atomic E-state index is 6.16. The number of pyridine rings is 1. The zero-order valence-electron chi connectivity index (χ0n) is 11.1. The minimum Gasteiger partial charge on any atom is -0.384 e. The Bertz CT molecular complexity index is 410. The van der Waals surface area contributed by atoms with E-state index in [0.717, 1.165) is 31.9 Å². The number of rotatable bonds is 3. The van der Waals surface area contributed by atoms with Crippen molar-refractivity contribution in [3.63, 3.8) is 0 Å². The van der Waals surface area contributed by atoms with E-state index in [2.05, 4.69) is 28.8 Å². The van der Waals surface area contributed by atoms with Crippen molar-refractivity contribution in [1.29, 1.82) is 0 Å². The fraction of sp³-hybridized carbons (Fsp3) is 0.615. The Hall–Kier alpha value is -0.840. The molecular formula is C13H21ClN4. The zero-order chi connectivity index (χ0) is 13.1. The van der Waals surface area contributed by atoms with Crippen LogP contribution in [0.15, 0.2) is 12.1 Å². The van der Waals surface area contributed by atoms with Crippen LogP contribution in [0.3, 0.4) is 0 Å². The number of piperazine rings is 1. The molecule has 0 bridgehead atoms. The number of nitrogens with two attached hydrogens (primary N) is 1. The molecule has 1 atom stereocenters. The van der Waals surface area contributed by atoms with Crippen LogP contribution in [0.5, 0.6) is 0 Å². The van der Waals surface area contributed by atoms with Gasteiger partial charge in [0, 0.05) is 32.2 Å². The molecule has 0 radical (unpaired) electrons. The van der Waals surface area contributed by atoms with Crippen molar-refractivity contribution in [2.24, 2.45) is 0 Å². The molecule has 1 aliphatic rings. The molecule has 0 aliphatic carbocycles. The minimum atomic E-state index is 0.538. The lowest BCUT2D eigenvalue weighted by atomic mass is 10.1. The molecule has 5 heteroatoms. The molecule has 1 aromatic rings. The molecule has 0 aromatic carbocycles. The molecule has 0 saturated carbocycles. The molecule has 0 amide bonds. The molecule has 4 nitrogen and oxygen atoms in total. The summed E-state index contributed by atoms with van der Waals surface area (Å²) in [4.78, 5) is 9.15. The summed E-state index contributed by atoms with van der Waals surface area (Å²) in [5.41, 5.74) is 6.60. The van der Waals surface area contributed by atoms with Crippen molar-refractivity contribution < 1.29 is 0 Å². The number of nitrogen functional groups attached to an aromatic ring is 1. The highest BCUT2D eigenvalue weighted by Gasteiger charge is 2.23. The Morgan fingerprint density at radius 2 is 2.22 bits per heavy atom. The van der Waals surface area contributed by atoms with Gasteiger partial charge < -0.3 is 10.6 Å². The number of halogens is 1. The van der Waals surface area contributed by atoms with E-state index in [-0.39, 0.29) is 0 Å². The smallest absolute Gasteiger partial charge is 0.123 e. The van der Waals surface area contributed by atoms with Gasteiger partial charge in [0.15, 0.2) is 0 Å². The number of nitrogens with zero attached hydrogens (tertiary/aromatic N) is 3. The lowest BCUT2D eigenvalue weighted by Crippen LogP contribution is -2.50. The van der Waals surface area contributed by atoms with Gasteiger partial charge in [-0.05, 0) is 25.6 Å². The lowest BCUT2D eigenvalue weighted by Gasteiger charge is -2.39. The normalized spacial score (nSPS) is 22.3. The predicted molar refractivity (Wildman–Crippen MR) is 75.6 cm³/mol. The first-order valence-corrected chi connectivity index (χ1v) is 6.81. The second-order valence-electron chi connectivity index (χ2n) is 4.94. The molecule has 1 aliphatic heterocycles. The van der Waals surface area contributed by atoms with Crippen LogP contribution in [-0.2, 0) is 6.54 Å². The van der Waals surface area contributed by atoms with E-state index in [1.807, 2.05) is 6.07 Å². The van der Waals surface area contributed by atoms with Crippen LogP contribution in [0.1, 0.15) is 19.0 Å². The molecular weight excluding hydrogens is 248 g/mol. The Morgan fingerprint density at radius 1 is 1.44 bits per heavy atom. The Balaban J connectivity index is 2.03. The first-order valence-electron chi connectivity index (χ1n) is 6.43. The Morgan fingerprint density at radius 3 is 2.94 bits per heavy atom. The largest absolute Gasteiger partial charge is 0.384 e. The van der Waals surface area contributed by atoms with Crippen molar-refractivity contribution in [3.05, 3.63) is 22.8 Å². The fourth-order valence-corrected chi connectivity index (χ4v) is 2.58. The fourth-order valence-electron chi connectivity index (χ4n) is 2.42. The highest BCUT2D eigenvalue weighted by Crippen LogP contribution is 2.19. The SMILES string of the molecule is CCC1CN(Cc2nc(N)ccc2Cl)CCN1C. The summed E-state index contributed by atoms with van der Waals surface area (Å²) in [6.07, 6.45) is 1.17. The van der Waals surface area contributed by atoms with Crippen molar-refractivity contribution in [2.45, 2.75) is 25.9 Å². The maximum Gasteiger partial charge on any atom is 0.123 e. The molecule has 18 heavy (non-hydrogen) atoms. The van der Waals surface area contributed by atoms with E-state index in [1.54, 1.807) is 6.07 Å². The van der Waals surface area contributed by atoms with Gasteiger partial charge in [0.2, 0.25) is 0 Å². The first-order chi connectivity index (χ1) is 8.60. The third-order valence-electron chi connectivity index (χ3n) is 3.65. The average Bonchev–Trinajstić information content (AvgIpc) is 2.36. The monoisotopic (exact) mass is 268 g/mol. The summed E-state index contributed by atoms with van der Waals surface area (Å²) in [7, 11) is 2.19. The topological polar surface area (TPSA) is 45.4 Å². The second kappa shape index (κ2) is 5.87. The molecule has 1 fully saturated rings. The van der Waals surface area contributed by atoms with Gasteiger partial charge in [0.25, 0.3) is 0 Å². The summed E-state index contributed by atoms with van der Waals surface area (Å²) < 4.78 is 0. The molecule has 1 aromatic heterocycles. The van der Waals surface area contributed by atoms with Crippen LogP contribution in [-0.4, -0.2) is 47.5 Å². The van der Waals surface area contributed by atoms with Crippen molar-refractivity contribution in [2.75, 3.05) is 32.4 Å². The lowest BCUT2D eigenvalue weighted by molar-refractivity contribution is 0.0876. The highest BCUT2D eigenvalue weighted by molar-refractivity contribution is 6.31. The molecule has 1 unspecified atom stereocenters. The zero-order valence-corrected chi connectivity index (χ0v) is 11.8. The first kappa shape index (κ1) is 13.6. The highest BCUT2D eigenvalue weighted by atomic mass is 35.5. The summed E-state index contributed by atoms with van der Waals surface area (Å²) >= 11 is 6.16. The van der Waals surface area contributed by atoms with Gasteiger partial charge in [0.05, 0.1) is 10.7 Å². The molecule has 1 saturated heterocycles. The summed E-state index contributed by atoms with van der Waals surface area (Å²) in [6, 6.07) is 4.19. The van der Waals surface area contributed by atoms with Crippen LogP contribution in [0.2, 0.25) is 5.02 Å². The Kier molecular flexibility index (Phi) is 4.43. The number of likely N-dealkylation sites (N-methyl/N-ethyl adjacent to an activating group) is 1. The van der Waals surface area contributed by atoms with Crippen LogP contribution >= 0.6 is 11.6 Å².